The molecule has 2 aromatic rings. The quantitative estimate of drug-likeness (QED) is 0.776. The molecule has 0 radical (unpaired) electrons. The molecule has 0 bridgehead atoms. The van der Waals surface area contributed by atoms with Gasteiger partial charge in [-0.05, 0) is 32.3 Å². The smallest absolute Gasteiger partial charge is 0.341 e. The van der Waals surface area contributed by atoms with Gasteiger partial charge in [-0.25, -0.2) is 9.50 Å². The summed E-state index contributed by atoms with van der Waals surface area (Å²) in [5.74, 6) is -0.0732. The van der Waals surface area contributed by atoms with Crippen LogP contribution in [0, 0.1) is 25.2 Å². The number of nitrogens with zero attached hydrogens (tertiary/aromatic N) is 6. The molecule has 0 unspecified atom stereocenters. The Hall–Kier alpha value is -2.67. The van der Waals surface area contributed by atoms with Crippen molar-refractivity contribution in [3.05, 3.63) is 28.7 Å². The van der Waals surface area contributed by atoms with E-state index in [1.54, 1.807) is 9.42 Å². The monoisotopic (exact) mass is 408 g/mol. The first-order valence-electron chi connectivity index (χ1n) is 9.50. The van der Waals surface area contributed by atoms with Crippen LogP contribution in [0.1, 0.15) is 35.4 Å². The molecule has 1 amide bonds. The Labute approximate surface area is 166 Å². The molecular weight excluding hydrogens is 385 g/mol. The van der Waals surface area contributed by atoms with Gasteiger partial charge in [0, 0.05) is 44.0 Å². The van der Waals surface area contributed by atoms with Crippen LogP contribution in [0.4, 0.5) is 13.2 Å². The highest BCUT2D eigenvalue weighted by Gasteiger charge is 2.31. The van der Waals surface area contributed by atoms with Crippen LogP contribution in [0.25, 0.3) is 5.65 Å². The zero-order valence-corrected chi connectivity index (χ0v) is 16.5. The average molecular weight is 408 g/mol. The van der Waals surface area contributed by atoms with Gasteiger partial charge in [0.05, 0.1) is 12.7 Å². The molecule has 29 heavy (non-hydrogen) atoms. The summed E-state index contributed by atoms with van der Waals surface area (Å²) >= 11 is 0. The van der Waals surface area contributed by atoms with Crippen LogP contribution in [0.5, 0.6) is 0 Å². The fourth-order valence-corrected chi connectivity index (χ4v) is 3.77. The summed E-state index contributed by atoms with van der Waals surface area (Å²) in [5.41, 5.74) is 3.36. The predicted molar refractivity (Wildman–Crippen MR) is 99.2 cm³/mol. The first-order chi connectivity index (χ1) is 13.7. The van der Waals surface area contributed by atoms with E-state index < -0.39 is 12.7 Å². The second-order valence-corrected chi connectivity index (χ2v) is 7.29. The normalized spacial score (nSPS) is 16.1. The van der Waals surface area contributed by atoms with E-state index >= 15 is 0 Å². The van der Waals surface area contributed by atoms with E-state index in [-0.39, 0.29) is 18.9 Å². The molecule has 7 nitrogen and oxygen atoms in total. The zero-order valence-electron chi connectivity index (χ0n) is 16.5. The third kappa shape index (κ3) is 4.85. The van der Waals surface area contributed by atoms with Gasteiger partial charge in [0.1, 0.15) is 11.6 Å². The minimum absolute atomic E-state index is 0.0732. The van der Waals surface area contributed by atoms with Crippen molar-refractivity contribution in [1.82, 2.24) is 24.4 Å². The highest BCUT2D eigenvalue weighted by atomic mass is 19.4. The molecule has 3 rings (SSSR count). The number of carbonyl (C=O) groups is 1. The number of alkyl halides is 3. The molecule has 0 spiro atoms. The lowest BCUT2D eigenvalue weighted by Gasteiger charge is -2.23. The summed E-state index contributed by atoms with van der Waals surface area (Å²) < 4.78 is 39.4. The van der Waals surface area contributed by atoms with Crippen LogP contribution in [-0.2, 0) is 11.2 Å². The topological polar surface area (TPSA) is 77.5 Å². The van der Waals surface area contributed by atoms with Gasteiger partial charge in [0.15, 0.2) is 5.65 Å². The molecule has 0 saturated carbocycles. The number of carbonyl (C=O) groups excluding carboxylic acids is 1. The minimum Gasteiger partial charge on any atom is -0.341 e. The van der Waals surface area contributed by atoms with Crippen molar-refractivity contribution in [1.29, 1.82) is 5.26 Å². The first kappa shape index (κ1) is 21.0. The number of fused-ring (bicyclic) bond motifs is 1. The van der Waals surface area contributed by atoms with Gasteiger partial charge < -0.3 is 4.90 Å². The number of aryl methyl sites for hydroxylation is 2. The van der Waals surface area contributed by atoms with Gasteiger partial charge >= 0.3 is 6.18 Å². The minimum atomic E-state index is -4.22. The Kier molecular flexibility index (Phi) is 6.07. The maximum Gasteiger partial charge on any atom is 0.401 e. The Morgan fingerprint density at radius 2 is 2.00 bits per heavy atom. The Bertz CT molecular complexity index is 946. The summed E-state index contributed by atoms with van der Waals surface area (Å²) in [6, 6.07) is 2.06. The van der Waals surface area contributed by atoms with Crippen LogP contribution in [-0.4, -0.2) is 69.2 Å². The molecule has 1 aliphatic rings. The first-order valence-corrected chi connectivity index (χ1v) is 9.50. The largest absolute Gasteiger partial charge is 0.401 e. The van der Waals surface area contributed by atoms with Crippen molar-refractivity contribution in [3.8, 4) is 6.07 Å². The Morgan fingerprint density at radius 3 is 2.69 bits per heavy atom. The lowest BCUT2D eigenvalue weighted by Crippen LogP contribution is -2.38. The molecular formula is C19H23F3N6O. The summed E-state index contributed by atoms with van der Waals surface area (Å²) in [7, 11) is 0. The molecule has 0 aromatic carbocycles. The molecule has 0 aliphatic carbocycles. The van der Waals surface area contributed by atoms with E-state index in [1.807, 2.05) is 13.8 Å². The second-order valence-electron chi connectivity index (χ2n) is 7.29. The van der Waals surface area contributed by atoms with Crippen molar-refractivity contribution in [2.75, 3.05) is 32.7 Å². The molecule has 0 N–H and O–H groups in total. The Balaban J connectivity index is 1.64. The zero-order chi connectivity index (χ0) is 21.2. The highest BCUT2D eigenvalue weighted by Crippen LogP contribution is 2.20. The summed E-state index contributed by atoms with van der Waals surface area (Å²) in [6.07, 6.45) is -1.52. The molecule has 156 valence electrons. The molecule has 3 heterocycles. The van der Waals surface area contributed by atoms with Crippen LogP contribution in [0.3, 0.4) is 0 Å². The van der Waals surface area contributed by atoms with Gasteiger partial charge in [-0.1, -0.05) is 0 Å². The lowest BCUT2D eigenvalue weighted by atomic mass is 10.1. The van der Waals surface area contributed by atoms with Crippen molar-refractivity contribution in [3.63, 3.8) is 0 Å². The maximum absolute atomic E-state index is 12.7. The molecule has 1 aliphatic heterocycles. The van der Waals surface area contributed by atoms with Crippen molar-refractivity contribution in [2.45, 2.75) is 39.3 Å². The van der Waals surface area contributed by atoms with Gasteiger partial charge in [0.25, 0.3) is 0 Å². The summed E-state index contributed by atoms with van der Waals surface area (Å²) in [5, 5.41) is 13.3. The molecule has 1 saturated heterocycles. The Morgan fingerprint density at radius 1 is 1.24 bits per heavy atom. The third-order valence-electron chi connectivity index (χ3n) is 5.26. The van der Waals surface area contributed by atoms with Gasteiger partial charge in [-0.2, -0.15) is 23.5 Å². The second kappa shape index (κ2) is 8.37. The summed E-state index contributed by atoms with van der Waals surface area (Å²) in [6.45, 7) is 4.10. The lowest BCUT2D eigenvalue weighted by molar-refractivity contribution is -0.145. The van der Waals surface area contributed by atoms with Crippen LogP contribution in [0.15, 0.2) is 6.20 Å². The number of amides is 1. The van der Waals surface area contributed by atoms with E-state index in [2.05, 4.69) is 16.2 Å². The molecule has 2 aromatic heterocycles. The third-order valence-corrected chi connectivity index (χ3v) is 5.26. The highest BCUT2D eigenvalue weighted by molar-refractivity contribution is 5.76. The van der Waals surface area contributed by atoms with Crippen LogP contribution >= 0.6 is 0 Å². The van der Waals surface area contributed by atoms with E-state index in [0.717, 1.165) is 17.0 Å². The number of halogens is 3. The van der Waals surface area contributed by atoms with E-state index in [1.165, 1.54) is 11.1 Å². The number of nitriles is 1. The predicted octanol–water partition coefficient (Wildman–Crippen LogP) is 2.25. The van der Waals surface area contributed by atoms with E-state index in [0.29, 0.717) is 43.7 Å². The van der Waals surface area contributed by atoms with Gasteiger partial charge in [-0.3, -0.25) is 9.69 Å². The average Bonchev–Trinajstić information content (AvgIpc) is 2.91. The molecule has 1 fully saturated rings. The SMILES string of the molecule is Cc1nc2c(C#N)cnn2c(C)c1CCC(=O)N1CCCN(CC(F)(F)F)CC1. The van der Waals surface area contributed by atoms with Gasteiger partial charge in [0.2, 0.25) is 5.91 Å². The number of hydrogen-bond acceptors (Lipinski definition) is 5. The van der Waals surface area contributed by atoms with Gasteiger partial charge in [-0.15, -0.1) is 0 Å². The molecule has 10 heteroatoms. The van der Waals surface area contributed by atoms with Crippen LogP contribution < -0.4 is 0 Å². The number of hydrogen-bond donors (Lipinski definition) is 0. The fourth-order valence-electron chi connectivity index (χ4n) is 3.77. The fraction of sp³-hybridized carbons (Fsp3) is 0.579. The summed E-state index contributed by atoms with van der Waals surface area (Å²) in [4.78, 5) is 20.1. The van der Waals surface area contributed by atoms with Crippen molar-refractivity contribution >= 4 is 11.6 Å². The van der Waals surface area contributed by atoms with Crippen molar-refractivity contribution in [2.24, 2.45) is 0 Å². The number of aromatic nitrogens is 3. The number of rotatable bonds is 4. The van der Waals surface area contributed by atoms with Crippen molar-refractivity contribution < 1.29 is 18.0 Å². The standard InChI is InChI=1S/C19H23F3N6O/c1-13-16(14(2)28-18(25-13)15(10-23)11-24-28)4-5-17(29)27-7-3-6-26(8-9-27)12-19(20,21)22/h11H,3-9,12H2,1-2H3. The van der Waals surface area contributed by atoms with E-state index in [4.69, 9.17) is 5.26 Å². The molecule has 0 atom stereocenters. The maximum atomic E-state index is 12.7. The van der Waals surface area contributed by atoms with Crippen LogP contribution in [0.2, 0.25) is 0 Å². The van der Waals surface area contributed by atoms with E-state index in [9.17, 15) is 18.0 Å².